The summed E-state index contributed by atoms with van der Waals surface area (Å²) in [6, 6.07) is 15.8. The zero-order valence-electron chi connectivity index (χ0n) is 14.4. The number of aromatic nitrogens is 4. The lowest BCUT2D eigenvalue weighted by molar-refractivity contribution is 0.306. The molecule has 0 unspecified atom stereocenters. The van der Waals surface area contributed by atoms with E-state index in [0.717, 1.165) is 40.3 Å². The maximum Gasteiger partial charge on any atom is 0.209 e. The second-order valence-electron chi connectivity index (χ2n) is 5.67. The Balaban J connectivity index is 1.36. The van der Waals surface area contributed by atoms with Gasteiger partial charge in [-0.3, -0.25) is 0 Å². The molecule has 0 aliphatic carbocycles. The number of tetrazole rings is 1. The van der Waals surface area contributed by atoms with Crippen molar-refractivity contribution < 1.29 is 4.74 Å². The Morgan fingerprint density at radius 3 is 2.50 bits per heavy atom. The zero-order valence-corrected chi connectivity index (χ0v) is 16.0. The van der Waals surface area contributed by atoms with Crippen molar-refractivity contribution in [1.29, 1.82) is 0 Å². The van der Waals surface area contributed by atoms with E-state index in [1.54, 1.807) is 16.4 Å². The number of aryl methyl sites for hydroxylation is 1. The Morgan fingerprint density at radius 2 is 1.81 bits per heavy atom. The first-order valence-corrected chi connectivity index (χ1v) is 9.59. The van der Waals surface area contributed by atoms with E-state index >= 15 is 0 Å². The van der Waals surface area contributed by atoms with Gasteiger partial charge >= 0.3 is 0 Å². The molecule has 0 bridgehead atoms. The number of rotatable bonds is 9. The SMILES string of the molecule is Cn1nnnc1SCCNCc1ccc(OCc2ccc(Cl)cc2)cc1. The van der Waals surface area contributed by atoms with Crippen LogP contribution >= 0.6 is 23.4 Å². The Labute approximate surface area is 161 Å². The van der Waals surface area contributed by atoms with Crippen molar-refractivity contribution in [2.24, 2.45) is 7.05 Å². The lowest BCUT2D eigenvalue weighted by Crippen LogP contribution is -2.16. The number of benzene rings is 2. The van der Waals surface area contributed by atoms with Gasteiger partial charge in [-0.2, -0.15) is 0 Å². The van der Waals surface area contributed by atoms with E-state index in [-0.39, 0.29) is 0 Å². The molecule has 1 heterocycles. The van der Waals surface area contributed by atoms with Gasteiger partial charge in [-0.05, 0) is 45.8 Å². The van der Waals surface area contributed by atoms with Gasteiger partial charge in [0, 0.05) is 30.9 Å². The Morgan fingerprint density at radius 1 is 1.08 bits per heavy atom. The van der Waals surface area contributed by atoms with Gasteiger partial charge in [0.1, 0.15) is 12.4 Å². The molecule has 0 saturated carbocycles. The van der Waals surface area contributed by atoms with Crippen molar-refractivity contribution in [3.05, 3.63) is 64.7 Å². The number of hydrogen-bond acceptors (Lipinski definition) is 6. The molecule has 0 radical (unpaired) electrons. The second kappa shape index (κ2) is 9.56. The normalized spacial score (nSPS) is 10.8. The molecule has 136 valence electrons. The van der Waals surface area contributed by atoms with Crippen LogP contribution in [0.1, 0.15) is 11.1 Å². The minimum Gasteiger partial charge on any atom is -0.489 e. The number of nitrogens with zero attached hydrogens (tertiary/aromatic N) is 4. The topological polar surface area (TPSA) is 64.9 Å². The molecule has 1 aromatic heterocycles. The summed E-state index contributed by atoms with van der Waals surface area (Å²) in [5.74, 6) is 1.77. The van der Waals surface area contributed by atoms with Crippen molar-refractivity contribution in [1.82, 2.24) is 25.5 Å². The molecule has 8 heteroatoms. The van der Waals surface area contributed by atoms with Crippen LogP contribution in [0.4, 0.5) is 0 Å². The summed E-state index contributed by atoms with van der Waals surface area (Å²) in [5, 5.41) is 16.3. The molecule has 0 spiro atoms. The molecule has 0 fully saturated rings. The van der Waals surface area contributed by atoms with Crippen LogP contribution in [0.3, 0.4) is 0 Å². The number of thioether (sulfide) groups is 1. The minimum atomic E-state index is 0.531. The van der Waals surface area contributed by atoms with Crippen molar-refractivity contribution in [2.45, 2.75) is 18.3 Å². The summed E-state index contributed by atoms with van der Waals surface area (Å²) in [6.45, 7) is 2.23. The summed E-state index contributed by atoms with van der Waals surface area (Å²) in [7, 11) is 1.84. The predicted molar refractivity (Wildman–Crippen MR) is 103 cm³/mol. The zero-order chi connectivity index (χ0) is 18.2. The highest BCUT2D eigenvalue weighted by Gasteiger charge is 2.02. The fraction of sp³-hybridized carbons (Fsp3) is 0.278. The maximum absolute atomic E-state index is 5.88. The average Bonchev–Trinajstić information content (AvgIpc) is 3.07. The van der Waals surface area contributed by atoms with Crippen LogP contribution < -0.4 is 10.1 Å². The monoisotopic (exact) mass is 389 g/mol. The van der Waals surface area contributed by atoms with Crippen molar-refractivity contribution in [2.75, 3.05) is 12.3 Å². The Hall–Kier alpha value is -2.09. The smallest absolute Gasteiger partial charge is 0.209 e. The van der Waals surface area contributed by atoms with Gasteiger partial charge in [0.2, 0.25) is 5.16 Å². The summed E-state index contributed by atoms with van der Waals surface area (Å²) in [5.41, 5.74) is 2.31. The molecule has 6 nitrogen and oxygen atoms in total. The highest BCUT2D eigenvalue weighted by Crippen LogP contribution is 2.16. The molecule has 0 amide bonds. The first-order chi connectivity index (χ1) is 12.7. The van der Waals surface area contributed by atoms with E-state index in [9.17, 15) is 0 Å². The third kappa shape index (κ3) is 5.72. The fourth-order valence-electron chi connectivity index (χ4n) is 2.24. The summed E-state index contributed by atoms with van der Waals surface area (Å²) in [6.07, 6.45) is 0. The maximum atomic E-state index is 5.88. The highest BCUT2D eigenvalue weighted by molar-refractivity contribution is 7.99. The Kier molecular flexibility index (Phi) is 6.88. The van der Waals surface area contributed by atoms with Gasteiger partial charge in [0.15, 0.2) is 0 Å². The molecular weight excluding hydrogens is 370 g/mol. The van der Waals surface area contributed by atoms with Crippen LogP contribution in [-0.2, 0) is 20.2 Å². The van der Waals surface area contributed by atoms with E-state index in [2.05, 4.69) is 33.0 Å². The van der Waals surface area contributed by atoms with E-state index in [0.29, 0.717) is 6.61 Å². The van der Waals surface area contributed by atoms with Crippen LogP contribution in [0.2, 0.25) is 5.02 Å². The molecular formula is C18H20ClN5OS. The molecule has 26 heavy (non-hydrogen) atoms. The standard InChI is InChI=1S/C18H20ClN5OS/c1-24-18(21-22-23-24)26-11-10-20-12-14-4-8-17(9-5-14)25-13-15-2-6-16(19)7-3-15/h2-9,20H,10-13H2,1H3. The number of halogens is 1. The molecule has 3 rings (SSSR count). The van der Waals surface area contributed by atoms with E-state index in [4.69, 9.17) is 16.3 Å². The quantitative estimate of drug-likeness (QED) is 0.447. The molecule has 1 N–H and O–H groups in total. The van der Waals surface area contributed by atoms with Crippen molar-refractivity contribution in [3.8, 4) is 5.75 Å². The van der Waals surface area contributed by atoms with Crippen LogP contribution in [0.25, 0.3) is 0 Å². The van der Waals surface area contributed by atoms with Crippen LogP contribution in [0.15, 0.2) is 53.7 Å². The van der Waals surface area contributed by atoms with Crippen molar-refractivity contribution >= 4 is 23.4 Å². The molecule has 0 aliphatic rings. The van der Waals surface area contributed by atoms with E-state index in [1.807, 2.05) is 43.4 Å². The lowest BCUT2D eigenvalue weighted by atomic mass is 10.2. The molecule has 0 atom stereocenters. The largest absolute Gasteiger partial charge is 0.489 e. The van der Waals surface area contributed by atoms with E-state index in [1.165, 1.54) is 5.56 Å². The van der Waals surface area contributed by atoms with Gasteiger partial charge in [0.25, 0.3) is 0 Å². The third-order valence-corrected chi connectivity index (χ3v) is 4.93. The number of ether oxygens (including phenoxy) is 1. The third-order valence-electron chi connectivity index (χ3n) is 3.66. The fourth-order valence-corrected chi connectivity index (χ4v) is 3.11. The molecule has 0 saturated heterocycles. The first-order valence-electron chi connectivity index (χ1n) is 8.23. The summed E-state index contributed by atoms with van der Waals surface area (Å²) >= 11 is 7.52. The van der Waals surface area contributed by atoms with Gasteiger partial charge in [-0.1, -0.05) is 47.6 Å². The molecule has 0 aliphatic heterocycles. The molecule has 2 aromatic carbocycles. The van der Waals surface area contributed by atoms with Gasteiger partial charge in [0.05, 0.1) is 0 Å². The van der Waals surface area contributed by atoms with Gasteiger partial charge in [-0.15, -0.1) is 5.10 Å². The van der Waals surface area contributed by atoms with Crippen LogP contribution in [0.5, 0.6) is 5.75 Å². The highest BCUT2D eigenvalue weighted by atomic mass is 35.5. The van der Waals surface area contributed by atoms with Crippen LogP contribution in [0, 0.1) is 0 Å². The number of nitrogens with one attached hydrogen (secondary N) is 1. The van der Waals surface area contributed by atoms with Crippen molar-refractivity contribution in [3.63, 3.8) is 0 Å². The average molecular weight is 390 g/mol. The summed E-state index contributed by atoms with van der Waals surface area (Å²) in [4.78, 5) is 0. The number of hydrogen-bond donors (Lipinski definition) is 1. The summed E-state index contributed by atoms with van der Waals surface area (Å²) < 4.78 is 7.47. The van der Waals surface area contributed by atoms with E-state index < -0.39 is 0 Å². The lowest BCUT2D eigenvalue weighted by Gasteiger charge is -2.08. The van der Waals surface area contributed by atoms with Gasteiger partial charge < -0.3 is 10.1 Å². The predicted octanol–water partition coefficient (Wildman–Crippen LogP) is 3.32. The van der Waals surface area contributed by atoms with Gasteiger partial charge in [-0.25, -0.2) is 4.68 Å². The second-order valence-corrected chi connectivity index (χ2v) is 7.17. The molecule has 3 aromatic rings. The van der Waals surface area contributed by atoms with Crippen LogP contribution in [-0.4, -0.2) is 32.5 Å². The Bertz CT molecular complexity index is 807. The first kappa shape index (κ1) is 18.7. The minimum absolute atomic E-state index is 0.531.